The fraction of sp³-hybridized carbons (Fsp3) is 0.0909. The summed E-state index contributed by atoms with van der Waals surface area (Å²) in [4.78, 5) is 1.14. The molecule has 1 heterocycles. The highest BCUT2D eigenvalue weighted by atomic mass is 79.9. The Hall–Kier alpha value is -0.220. The minimum absolute atomic E-state index is 0.521. The predicted octanol–water partition coefficient (Wildman–Crippen LogP) is 5.40. The molecule has 1 aromatic heterocycles. The van der Waals surface area contributed by atoms with E-state index in [1.807, 2.05) is 12.1 Å². The number of thiophene rings is 1. The van der Waals surface area contributed by atoms with Gasteiger partial charge in [0.05, 0.1) is 3.79 Å². The van der Waals surface area contributed by atoms with E-state index in [9.17, 15) is 0 Å². The molecule has 0 amide bonds. The average Bonchev–Trinajstić information content (AvgIpc) is 2.60. The molecule has 0 aliphatic rings. The molecule has 2 aromatic rings. The van der Waals surface area contributed by atoms with Crippen LogP contribution >= 0.6 is 50.5 Å². The third-order valence-corrected chi connectivity index (χ3v) is 3.88. The molecule has 84 valence electrons. The van der Waals surface area contributed by atoms with Crippen LogP contribution in [-0.4, -0.2) is 0 Å². The van der Waals surface area contributed by atoms with E-state index in [-0.39, 0.29) is 0 Å². The van der Waals surface area contributed by atoms with E-state index >= 15 is 0 Å². The van der Waals surface area contributed by atoms with Crippen molar-refractivity contribution in [2.75, 3.05) is 0 Å². The number of halogens is 3. The molecule has 0 radical (unpaired) electrons. The van der Waals surface area contributed by atoms with Gasteiger partial charge in [0.15, 0.2) is 0 Å². The first-order chi connectivity index (χ1) is 7.63. The van der Waals surface area contributed by atoms with Crippen molar-refractivity contribution >= 4 is 50.5 Å². The van der Waals surface area contributed by atoms with E-state index in [0.29, 0.717) is 22.4 Å². The minimum atomic E-state index is 0.521. The molecular formula is C11H7BrCl2OS. The Morgan fingerprint density at radius 1 is 1.12 bits per heavy atom. The number of hydrogen-bond acceptors (Lipinski definition) is 2. The zero-order valence-electron chi connectivity index (χ0n) is 8.04. The molecule has 1 aromatic carbocycles. The number of ether oxygens (including phenoxy) is 1. The summed E-state index contributed by atoms with van der Waals surface area (Å²) in [6.07, 6.45) is 0. The van der Waals surface area contributed by atoms with Gasteiger partial charge in [-0.3, -0.25) is 0 Å². The topological polar surface area (TPSA) is 9.23 Å². The molecule has 5 heteroatoms. The Morgan fingerprint density at radius 2 is 1.81 bits per heavy atom. The van der Waals surface area contributed by atoms with Crippen molar-refractivity contribution in [1.29, 1.82) is 0 Å². The standard InChI is InChI=1S/C11H7BrCl2OS/c12-11-2-1-10(16-11)6-15-9-4-7(13)3-8(14)5-9/h1-5H,6H2. The maximum atomic E-state index is 5.87. The Labute approximate surface area is 116 Å². The molecule has 0 bridgehead atoms. The lowest BCUT2D eigenvalue weighted by Crippen LogP contribution is -1.92. The Kier molecular flexibility index (Phi) is 4.14. The van der Waals surface area contributed by atoms with Crippen LogP contribution in [0, 0.1) is 0 Å². The highest BCUT2D eigenvalue weighted by molar-refractivity contribution is 9.11. The molecule has 0 N–H and O–H groups in total. The van der Waals surface area contributed by atoms with Crippen molar-refractivity contribution in [1.82, 2.24) is 0 Å². The normalized spacial score (nSPS) is 10.4. The molecule has 0 unspecified atom stereocenters. The predicted molar refractivity (Wildman–Crippen MR) is 72.8 cm³/mol. The lowest BCUT2D eigenvalue weighted by Gasteiger charge is -2.05. The molecule has 0 atom stereocenters. The number of rotatable bonds is 3. The monoisotopic (exact) mass is 336 g/mol. The molecule has 0 aliphatic carbocycles. The molecule has 0 spiro atoms. The fourth-order valence-electron chi connectivity index (χ4n) is 1.20. The summed E-state index contributed by atoms with van der Waals surface area (Å²) in [6.45, 7) is 0.521. The largest absolute Gasteiger partial charge is 0.488 e. The van der Waals surface area contributed by atoms with Crippen LogP contribution in [0.5, 0.6) is 5.75 Å². The number of benzene rings is 1. The van der Waals surface area contributed by atoms with Gasteiger partial charge in [-0.1, -0.05) is 23.2 Å². The summed E-state index contributed by atoms with van der Waals surface area (Å²) < 4.78 is 6.68. The van der Waals surface area contributed by atoms with Gasteiger partial charge in [-0.15, -0.1) is 11.3 Å². The second-order valence-electron chi connectivity index (χ2n) is 3.10. The van der Waals surface area contributed by atoms with Gasteiger partial charge >= 0.3 is 0 Å². The van der Waals surface area contributed by atoms with Crippen LogP contribution in [0.1, 0.15) is 4.88 Å². The summed E-state index contributed by atoms with van der Waals surface area (Å²) in [5, 5.41) is 1.16. The first-order valence-electron chi connectivity index (χ1n) is 4.46. The molecule has 0 saturated heterocycles. The summed E-state index contributed by atoms with van der Waals surface area (Å²) in [6, 6.07) is 9.18. The van der Waals surface area contributed by atoms with E-state index in [1.165, 1.54) is 0 Å². The molecule has 0 fully saturated rings. The Balaban J connectivity index is 2.04. The molecule has 16 heavy (non-hydrogen) atoms. The lowest BCUT2D eigenvalue weighted by molar-refractivity contribution is 0.310. The average molecular weight is 338 g/mol. The first kappa shape index (κ1) is 12.2. The van der Waals surface area contributed by atoms with Gasteiger partial charge in [0, 0.05) is 14.9 Å². The highest BCUT2D eigenvalue weighted by Gasteiger charge is 2.01. The van der Waals surface area contributed by atoms with Crippen molar-refractivity contribution < 1.29 is 4.74 Å². The first-order valence-corrected chi connectivity index (χ1v) is 6.83. The van der Waals surface area contributed by atoms with Crippen LogP contribution in [0.3, 0.4) is 0 Å². The van der Waals surface area contributed by atoms with Crippen LogP contribution in [0.25, 0.3) is 0 Å². The third kappa shape index (κ3) is 3.39. The zero-order chi connectivity index (χ0) is 11.5. The molecule has 2 rings (SSSR count). The van der Waals surface area contributed by atoms with E-state index in [0.717, 1.165) is 8.66 Å². The SMILES string of the molecule is Clc1cc(Cl)cc(OCc2ccc(Br)s2)c1. The smallest absolute Gasteiger partial charge is 0.122 e. The van der Waals surface area contributed by atoms with Crippen LogP contribution in [0.4, 0.5) is 0 Å². The van der Waals surface area contributed by atoms with Crippen molar-refractivity contribution in [3.63, 3.8) is 0 Å². The molecular weight excluding hydrogens is 331 g/mol. The Morgan fingerprint density at radius 3 is 2.38 bits per heavy atom. The lowest BCUT2D eigenvalue weighted by atomic mass is 10.3. The van der Waals surface area contributed by atoms with Gasteiger partial charge in [0.2, 0.25) is 0 Å². The van der Waals surface area contributed by atoms with Crippen LogP contribution in [0.2, 0.25) is 10.0 Å². The third-order valence-electron chi connectivity index (χ3n) is 1.85. The minimum Gasteiger partial charge on any atom is -0.488 e. The maximum Gasteiger partial charge on any atom is 0.122 e. The number of hydrogen-bond donors (Lipinski definition) is 0. The van der Waals surface area contributed by atoms with Crippen LogP contribution in [-0.2, 0) is 6.61 Å². The summed E-state index contributed by atoms with van der Waals surface area (Å²) in [7, 11) is 0. The van der Waals surface area contributed by atoms with Crippen molar-refractivity contribution in [2.24, 2.45) is 0 Å². The van der Waals surface area contributed by atoms with E-state index < -0.39 is 0 Å². The van der Waals surface area contributed by atoms with Crippen molar-refractivity contribution in [2.45, 2.75) is 6.61 Å². The second kappa shape index (κ2) is 5.41. The summed E-state index contributed by atoms with van der Waals surface area (Å²) in [5.41, 5.74) is 0. The van der Waals surface area contributed by atoms with Gasteiger partial charge in [0.25, 0.3) is 0 Å². The highest BCUT2D eigenvalue weighted by Crippen LogP contribution is 2.27. The molecule has 0 saturated carbocycles. The summed E-state index contributed by atoms with van der Waals surface area (Å²) in [5.74, 6) is 0.682. The fourth-order valence-corrected chi connectivity index (χ4v) is 3.10. The molecule has 0 aliphatic heterocycles. The maximum absolute atomic E-state index is 5.87. The second-order valence-corrected chi connectivity index (χ2v) is 6.52. The quantitative estimate of drug-likeness (QED) is 0.728. The van der Waals surface area contributed by atoms with Crippen molar-refractivity contribution in [3.05, 3.63) is 49.0 Å². The van der Waals surface area contributed by atoms with Crippen molar-refractivity contribution in [3.8, 4) is 5.75 Å². The van der Waals surface area contributed by atoms with Gasteiger partial charge in [0.1, 0.15) is 12.4 Å². The van der Waals surface area contributed by atoms with E-state index in [4.69, 9.17) is 27.9 Å². The van der Waals surface area contributed by atoms with Crippen LogP contribution < -0.4 is 4.74 Å². The van der Waals surface area contributed by atoms with Gasteiger partial charge in [-0.25, -0.2) is 0 Å². The van der Waals surface area contributed by atoms with E-state index in [2.05, 4.69) is 15.9 Å². The molecule has 1 nitrogen and oxygen atoms in total. The van der Waals surface area contributed by atoms with Gasteiger partial charge in [-0.2, -0.15) is 0 Å². The Bertz CT molecular complexity index is 478. The van der Waals surface area contributed by atoms with E-state index in [1.54, 1.807) is 29.5 Å². The zero-order valence-corrected chi connectivity index (χ0v) is 12.0. The van der Waals surface area contributed by atoms with Crippen LogP contribution in [0.15, 0.2) is 34.1 Å². The van der Waals surface area contributed by atoms with Gasteiger partial charge in [-0.05, 0) is 46.3 Å². The van der Waals surface area contributed by atoms with Gasteiger partial charge < -0.3 is 4.74 Å². The summed E-state index contributed by atoms with van der Waals surface area (Å²) >= 11 is 16.8.